The fourth-order valence-electron chi connectivity index (χ4n) is 1.91. The smallest absolute Gasteiger partial charge is 0.224 e. The number of fused-ring (bicyclic) bond motifs is 1. The second kappa shape index (κ2) is 4.31. The molecule has 0 saturated heterocycles. The van der Waals surface area contributed by atoms with Gasteiger partial charge in [-0.05, 0) is 41.9 Å². The van der Waals surface area contributed by atoms with Crippen molar-refractivity contribution < 1.29 is 0 Å². The molecule has 2 heterocycles. The SMILES string of the molecule is Cn1ccc2cc(Nc3ccnc(Cl)n3)ccc21. The van der Waals surface area contributed by atoms with Crippen LogP contribution < -0.4 is 5.32 Å². The lowest BCUT2D eigenvalue weighted by atomic mass is 10.2. The van der Waals surface area contributed by atoms with Gasteiger partial charge in [-0.3, -0.25) is 0 Å². The van der Waals surface area contributed by atoms with Gasteiger partial charge in [0.25, 0.3) is 0 Å². The fourth-order valence-corrected chi connectivity index (χ4v) is 2.06. The highest BCUT2D eigenvalue weighted by Gasteiger charge is 2.01. The minimum Gasteiger partial charge on any atom is -0.351 e. The molecule has 0 aliphatic rings. The molecule has 0 fully saturated rings. The quantitative estimate of drug-likeness (QED) is 0.717. The van der Waals surface area contributed by atoms with Crippen molar-refractivity contribution in [2.75, 3.05) is 5.32 Å². The lowest BCUT2D eigenvalue weighted by molar-refractivity contribution is 0.969. The van der Waals surface area contributed by atoms with Crippen LogP contribution in [0.2, 0.25) is 5.28 Å². The largest absolute Gasteiger partial charge is 0.351 e. The molecule has 3 aromatic rings. The molecule has 5 heteroatoms. The molecule has 18 heavy (non-hydrogen) atoms. The Morgan fingerprint density at radius 1 is 1.22 bits per heavy atom. The van der Waals surface area contributed by atoms with Gasteiger partial charge in [-0.25, -0.2) is 9.97 Å². The molecule has 0 unspecified atom stereocenters. The summed E-state index contributed by atoms with van der Waals surface area (Å²) in [5, 5.41) is 4.62. The molecule has 2 aromatic heterocycles. The first-order chi connectivity index (χ1) is 8.72. The number of anilines is 2. The maximum atomic E-state index is 5.74. The molecule has 0 radical (unpaired) electrons. The second-order valence-corrected chi connectivity index (χ2v) is 4.37. The highest BCUT2D eigenvalue weighted by Crippen LogP contribution is 2.22. The summed E-state index contributed by atoms with van der Waals surface area (Å²) in [5.41, 5.74) is 2.17. The van der Waals surface area contributed by atoms with E-state index in [2.05, 4.69) is 38.1 Å². The molecule has 0 saturated carbocycles. The first-order valence-corrected chi connectivity index (χ1v) is 5.91. The maximum absolute atomic E-state index is 5.74. The zero-order chi connectivity index (χ0) is 12.5. The minimum atomic E-state index is 0.237. The van der Waals surface area contributed by atoms with Crippen molar-refractivity contribution in [3.63, 3.8) is 0 Å². The third kappa shape index (κ3) is 2.02. The van der Waals surface area contributed by atoms with Crippen molar-refractivity contribution in [2.45, 2.75) is 0 Å². The molecule has 0 amide bonds. The summed E-state index contributed by atoms with van der Waals surface area (Å²) < 4.78 is 2.08. The molecule has 0 bridgehead atoms. The van der Waals surface area contributed by atoms with Crippen molar-refractivity contribution in [1.82, 2.24) is 14.5 Å². The lowest BCUT2D eigenvalue weighted by Crippen LogP contribution is -1.94. The van der Waals surface area contributed by atoms with E-state index in [1.54, 1.807) is 12.3 Å². The van der Waals surface area contributed by atoms with Crippen LogP contribution in [0.15, 0.2) is 42.7 Å². The van der Waals surface area contributed by atoms with Crippen LogP contribution in [0.25, 0.3) is 10.9 Å². The number of hydrogen-bond donors (Lipinski definition) is 1. The van der Waals surface area contributed by atoms with Crippen LogP contribution in [-0.4, -0.2) is 14.5 Å². The molecular weight excluding hydrogens is 248 g/mol. The first kappa shape index (κ1) is 11.0. The van der Waals surface area contributed by atoms with Crippen molar-refractivity contribution in [3.05, 3.63) is 48.0 Å². The number of nitrogens with one attached hydrogen (secondary N) is 1. The van der Waals surface area contributed by atoms with Gasteiger partial charge in [0.15, 0.2) is 0 Å². The summed E-state index contributed by atoms with van der Waals surface area (Å²) in [6.07, 6.45) is 3.66. The van der Waals surface area contributed by atoms with Gasteiger partial charge in [-0.1, -0.05) is 0 Å². The molecule has 0 spiro atoms. The average molecular weight is 259 g/mol. The topological polar surface area (TPSA) is 42.7 Å². The number of hydrogen-bond acceptors (Lipinski definition) is 3. The lowest BCUT2D eigenvalue weighted by Gasteiger charge is -2.06. The zero-order valence-electron chi connectivity index (χ0n) is 9.76. The van der Waals surface area contributed by atoms with Gasteiger partial charge in [0, 0.05) is 36.0 Å². The van der Waals surface area contributed by atoms with Gasteiger partial charge in [-0.15, -0.1) is 0 Å². The van der Waals surface area contributed by atoms with Crippen molar-refractivity contribution >= 4 is 34.0 Å². The zero-order valence-corrected chi connectivity index (χ0v) is 10.5. The van der Waals surface area contributed by atoms with Gasteiger partial charge in [-0.2, -0.15) is 0 Å². The van der Waals surface area contributed by atoms with Crippen LogP contribution in [0.5, 0.6) is 0 Å². The Kier molecular flexibility index (Phi) is 2.64. The number of halogens is 1. The summed E-state index contributed by atoms with van der Waals surface area (Å²) in [6, 6.07) is 10.0. The molecule has 1 aromatic carbocycles. The van der Waals surface area contributed by atoms with Crippen LogP contribution >= 0.6 is 11.6 Å². The second-order valence-electron chi connectivity index (χ2n) is 4.04. The number of rotatable bonds is 2. The monoisotopic (exact) mass is 258 g/mol. The number of aromatic nitrogens is 3. The molecule has 0 aliphatic heterocycles. The Morgan fingerprint density at radius 3 is 2.94 bits per heavy atom. The van der Waals surface area contributed by atoms with Gasteiger partial charge in [0.05, 0.1) is 0 Å². The van der Waals surface area contributed by atoms with Crippen molar-refractivity contribution in [1.29, 1.82) is 0 Å². The van der Waals surface area contributed by atoms with Crippen LogP contribution in [0.1, 0.15) is 0 Å². The predicted octanol–water partition coefficient (Wildman–Crippen LogP) is 3.37. The van der Waals surface area contributed by atoms with Crippen molar-refractivity contribution in [3.8, 4) is 0 Å². The summed E-state index contributed by atoms with van der Waals surface area (Å²) in [7, 11) is 2.03. The van der Waals surface area contributed by atoms with Crippen LogP contribution in [0.4, 0.5) is 11.5 Å². The Hall–Kier alpha value is -2.07. The van der Waals surface area contributed by atoms with Crippen LogP contribution in [0.3, 0.4) is 0 Å². The van der Waals surface area contributed by atoms with Crippen LogP contribution in [0, 0.1) is 0 Å². The predicted molar refractivity (Wildman–Crippen MR) is 73.2 cm³/mol. The summed E-state index contributed by atoms with van der Waals surface area (Å²) in [6.45, 7) is 0. The Morgan fingerprint density at radius 2 is 2.11 bits per heavy atom. The molecular formula is C13H11ClN4. The van der Waals surface area contributed by atoms with E-state index in [0.717, 1.165) is 5.69 Å². The van der Waals surface area contributed by atoms with E-state index in [1.807, 2.05) is 19.3 Å². The van der Waals surface area contributed by atoms with E-state index in [9.17, 15) is 0 Å². The van der Waals surface area contributed by atoms with E-state index in [0.29, 0.717) is 5.82 Å². The molecule has 4 nitrogen and oxygen atoms in total. The Bertz CT molecular complexity index is 705. The fraction of sp³-hybridized carbons (Fsp3) is 0.0769. The Labute approximate surface area is 109 Å². The standard InChI is InChI=1S/C13H11ClN4/c1-18-7-5-9-8-10(2-3-11(9)18)16-12-4-6-15-13(14)17-12/h2-8H,1H3,(H,15,16,17). The van der Waals surface area contributed by atoms with E-state index in [1.165, 1.54) is 10.9 Å². The van der Waals surface area contributed by atoms with E-state index < -0.39 is 0 Å². The Balaban J connectivity index is 1.95. The highest BCUT2D eigenvalue weighted by atomic mass is 35.5. The van der Waals surface area contributed by atoms with Gasteiger partial charge in [0.1, 0.15) is 5.82 Å². The number of aryl methyl sites for hydroxylation is 1. The normalized spacial score (nSPS) is 10.8. The van der Waals surface area contributed by atoms with Crippen LogP contribution in [-0.2, 0) is 7.05 Å². The molecule has 3 rings (SSSR count). The third-order valence-electron chi connectivity index (χ3n) is 2.78. The molecule has 1 N–H and O–H groups in total. The van der Waals surface area contributed by atoms with Gasteiger partial charge >= 0.3 is 0 Å². The highest BCUT2D eigenvalue weighted by molar-refractivity contribution is 6.28. The van der Waals surface area contributed by atoms with Gasteiger partial charge in [0.2, 0.25) is 5.28 Å². The third-order valence-corrected chi connectivity index (χ3v) is 2.97. The van der Waals surface area contributed by atoms with Crippen molar-refractivity contribution in [2.24, 2.45) is 7.05 Å². The van der Waals surface area contributed by atoms with E-state index in [-0.39, 0.29) is 5.28 Å². The summed E-state index contributed by atoms with van der Waals surface area (Å²) in [5.74, 6) is 0.685. The summed E-state index contributed by atoms with van der Waals surface area (Å²) >= 11 is 5.74. The molecule has 0 aliphatic carbocycles. The number of nitrogens with zero attached hydrogens (tertiary/aromatic N) is 3. The van der Waals surface area contributed by atoms with Gasteiger partial charge < -0.3 is 9.88 Å². The number of benzene rings is 1. The van der Waals surface area contributed by atoms with E-state index in [4.69, 9.17) is 11.6 Å². The summed E-state index contributed by atoms with van der Waals surface area (Å²) in [4.78, 5) is 7.94. The molecule has 0 atom stereocenters. The first-order valence-electron chi connectivity index (χ1n) is 5.53. The maximum Gasteiger partial charge on any atom is 0.224 e. The molecule has 90 valence electrons. The minimum absolute atomic E-state index is 0.237. The average Bonchev–Trinajstić information content (AvgIpc) is 2.71. The van der Waals surface area contributed by atoms with E-state index >= 15 is 0 Å².